The summed E-state index contributed by atoms with van der Waals surface area (Å²) in [5.74, 6) is -1.05. The molecule has 1 aliphatic heterocycles. The predicted octanol–water partition coefficient (Wildman–Crippen LogP) is 8.10. The molecule has 4 aromatic rings. The van der Waals surface area contributed by atoms with Crippen LogP contribution in [0.25, 0.3) is 0 Å². The van der Waals surface area contributed by atoms with Crippen LogP contribution in [0.1, 0.15) is 42.5 Å². The van der Waals surface area contributed by atoms with Crippen LogP contribution in [0.4, 0.5) is 0 Å². The Labute approximate surface area is 296 Å². The second kappa shape index (κ2) is 17.3. The van der Waals surface area contributed by atoms with Crippen LogP contribution in [0, 0.1) is 38.5 Å². The molecular weight excluding hydrogens is 616 g/mol. The zero-order chi connectivity index (χ0) is 32.3. The van der Waals surface area contributed by atoms with Gasteiger partial charge in [-0.25, -0.2) is 0 Å². The third-order valence-corrected chi connectivity index (χ3v) is 8.10. The van der Waals surface area contributed by atoms with Crippen molar-refractivity contribution in [2.24, 2.45) is 0 Å². The smallest absolute Gasteiger partial charge is 0.378 e. The van der Waals surface area contributed by atoms with Gasteiger partial charge in [0.25, 0.3) is 0 Å². The first-order chi connectivity index (χ1) is 22.4. The van der Waals surface area contributed by atoms with Gasteiger partial charge in [0, 0.05) is 0 Å². The third-order valence-electron chi connectivity index (χ3n) is 8.10. The molecule has 0 aromatic heterocycles. The van der Waals surface area contributed by atoms with Crippen molar-refractivity contribution in [3.63, 3.8) is 0 Å². The maximum absolute atomic E-state index is 12.6. The van der Waals surface area contributed by atoms with E-state index in [0.29, 0.717) is 22.3 Å². The second-order valence-corrected chi connectivity index (χ2v) is 11.7. The van der Waals surface area contributed by atoms with E-state index in [1.54, 1.807) is 0 Å². The van der Waals surface area contributed by atoms with Gasteiger partial charge >= 0.3 is 21.7 Å². The van der Waals surface area contributed by atoms with Crippen LogP contribution in [0.2, 0.25) is 0 Å². The number of rotatable bonds is 6. The average Bonchev–Trinajstić information content (AvgIpc) is 3.82. The molecule has 7 rings (SSSR count). The van der Waals surface area contributed by atoms with Crippen molar-refractivity contribution in [2.75, 3.05) is 0 Å². The van der Waals surface area contributed by atoms with E-state index < -0.39 is 29.2 Å². The summed E-state index contributed by atoms with van der Waals surface area (Å²) in [4.78, 5) is 0. The fourth-order valence-electron chi connectivity index (χ4n) is 5.91. The minimum absolute atomic E-state index is 0. The molecule has 2 N–H and O–H groups in total. The zero-order valence-electron chi connectivity index (χ0n) is 26.9. The molecule has 2 aliphatic carbocycles. The number of ether oxygens (including phenoxy) is 2. The molecule has 4 nitrogen and oxygen atoms in total. The Hall–Kier alpha value is -3.22. The number of hydrogen-bond acceptors (Lipinski definition) is 4. The van der Waals surface area contributed by atoms with Crippen molar-refractivity contribution >= 4 is 0 Å². The monoisotopic (exact) mass is 658 g/mol. The molecule has 0 unspecified atom stereocenters. The Balaban J connectivity index is 0.000000352. The average molecular weight is 659 g/mol. The summed E-state index contributed by atoms with van der Waals surface area (Å²) >= 11 is 0. The van der Waals surface area contributed by atoms with Crippen LogP contribution in [-0.2, 0) is 42.4 Å². The van der Waals surface area contributed by atoms with Gasteiger partial charge in [-0.15, -0.1) is 6.42 Å². The van der Waals surface area contributed by atoms with Gasteiger partial charge in [-0.2, -0.15) is 30.7 Å². The molecule has 47 heavy (non-hydrogen) atoms. The number of allylic oxidation sites excluding steroid dienone is 4. The van der Waals surface area contributed by atoms with Gasteiger partial charge in [0.2, 0.25) is 0 Å². The normalized spacial score (nSPS) is 19.7. The molecular formula is C42H42O4Ti+. The van der Waals surface area contributed by atoms with Gasteiger partial charge in [-0.1, -0.05) is 121 Å². The van der Waals surface area contributed by atoms with E-state index in [4.69, 9.17) is 9.47 Å². The minimum Gasteiger partial charge on any atom is -0.378 e. The molecule has 1 saturated carbocycles. The van der Waals surface area contributed by atoms with Gasteiger partial charge in [-0.05, 0) is 68.2 Å². The summed E-state index contributed by atoms with van der Waals surface area (Å²) < 4.78 is 13.0. The van der Waals surface area contributed by atoms with Crippen LogP contribution >= 0.6 is 0 Å². The molecule has 5 heteroatoms. The van der Waals surface area contributed by atoms with Gasteiger partial charge in [0.05, 0.1) is 0 Å². The topological polar surface area (TPSA) is 58.9 Å². The Morgan fingerprint density at radius 2 is 0.809 bits per heavy atom. The van der Waals surface area contributed by atoms with Crippen LogP contribution in [0.5, 0.6) is 0 Å². The van der Waals surface area contributed by atoms with Crippen molar-refractivity contribution in [1.82, 2.24) is 0 Å². The van der Waals surface area contributed by atoms with Gasteiger partial charge in [0.15, 0.2) is 5.79 Å². The maximum Gasteiger partial charge on any atom is 2.00 e. The van der Waals surface area contributed by atoms with E-state index in [1.807, 2.05) is 174 Å². The van der Waals surface area contributed by atoms with Crippen molar-refractivity contribution in [3.8, 4) is 0 Å². The molecule has 5 radical (unpaired) electrons. The molecule has 0 amide bonds. The zero-order valence-corrected chi connectivity index (χ0v) is 28.5. The van der Waals surface area contributed by atoms with E-state index >= 15 is 0 Å². The fraction of sp³-hybridized carbons (Fsp3) is 0.190. The first-order valence-corrected chi connectivity index (χ1v) is 15.7. The van der Waals surface area contributed by atoms with Crippen molar-refractivity contribution < 1.29 is 41.4 Å². The van der Waals surface area contributed by atoms with Crippen LogP contribution in [0.15, 0.2) is 146 Å². The Bertz CT molecular complexity index is 1310. The first-order valence-electron chi connectivity index (χ1n) is 15.7. The minimum atomic E-state index is -1.60. The van der Waals surface area contributed by atoms with E-state index in [0.717, 1.165) is 6.42 Å². The van der Waals surface area contributed by atoms with E-state index in [9.17, 15) is 10.2 Å². The van der Waals surface area contributed by atoms with E-state index in [-0.39, 0.29) is 21.7 Å². The van der Waals surface area contributed by atoms with E-state index in [1.165, 1.54) is 0 Å². The standard InChI is InChI=1S/C31H30O4.C6H7.C5H5.Ti/c1-29(2)34-27(30(32,23-15-7-3-8-16-23)24-17-9-4-10-18-24)28(35-29)31(33,25-19-11-5-12-20-25)26-21-13-6-14-22-26;1-2-4-6-5-3-1;1-2-4-5-3-1;/h3-22,27-28,32-33H,1-2H3;1-5H,6H2;1-5H;/q;-1;;+2/t27-,28-;;;/m1.../s1. The summed E-state index contributed by atoms with van der Waals surface area (Å²) in [6, 6.07) is 37.8. The Morgan fingerprint density at radius 1 is 0.532 bits per heavy atom. The summed E-state index contributed by atoms with van der Waals surface area (Å²) in [5.41, 5.74) is -0.564. The van der Waals surface area contributed by atoms with Crippen LogP contribution in [0.3, 0.4) is 0 Å². The van der Waals surface area contributed by atoms with Crippen molar-refractivity contribution in [2.45, 2.75) is 49.5 Å². The Kier molecular flexibility index (Phi) is 13.4. The van der Waals surface area contributed by atoms with Crippen molar-refractivity contribution in [1.29, 1.82) is 0 Å². The van der Waals surface area contributed by atoms with Gasteiger partial charge < -0.3 is 19.7 Å². The molecule has 237 valence electrons. The molecule has 0 spiro atoms. The van der Waals surface area contributed by atoms with Crippen LogP contribution < -0.4 is 0 Å². The fourth-order valence-corrected chi connectivity index (χ4v) is 5.91. The molecule has 1 saturated heterocycles. The largest absolute Gasteiger partial charge is 2.00 e. The molecule has 2 fully saturated rings. The quantitative estimate of drug-likeness (QED) is 0.162. The SMILES string of the molecule is C1=CCC=C[CH-]1.CC1(C)O[C@@H](C(O)(c2ccccc2)c2ccccc2)[C@H](C(O)(c2ccccc2)c2ccccc2)O1.[CH]1[CH][CH][CH][CH]1.[Ti+2]. The van der Waals surface area contributed by atoms with Crippen molar-refractivity contribution in [3.05, 3.63) is 206 Å². The summed E-state index contributed by atoms with van der Waals surface area (Å²) in [7, 11) is 0. The molecule has 2 atom stereocenters. The summed E-state index contributed by atoms with van der Waals surface area (Å²) in [6.07, 6.45) is 19.6. The second-order valence-electron chi connectivity index (χ2n) is 11.7. The molecule has 0 bridgehead atoms. The predicted molar refractivity (Wildman–Crippen MR) is 184 cm³/mol. The third kappa shape index (κ3) is 8.83. The summed E-state index contributed by atoms with van der Waals surface area (Å²) in [5, 5.41) is 25.2. The van der Waals surface area contributed by atoms with Gasteiger partial charge in [0.1, 0.15) is 23.4 Å². The maximum atomic E-state index is 12.6. The van der Waals surface area contributed by atoms with Crippen LogP contribution in [-0.4, -0.2) is 28.2 Å². The summed E-state index contributed by atoms with van der Waals surface area (Å²) in [6.45, 7) is 3.62. The number of benzene rings is 4. The molecule has 4 aromatic carbocycles. The molecule has 3 aliphatic rings. The number of hydrogen-bond donors (Lipinski definition) is 2. The first kappa shape index (κ1) is 36.6. The van der Waals surface area contributed by atoms with E-state index in [2.05, 4.69) is 24.3 Å². The molecule has 1 heterocycles. The Morgan fingerprint density at radius 3 is 1.02 bits per heavy atom. The number of aliphatic hydroxyl groups is 2. The van der Waals surface area contributed by atoms with Gasteiger partial charge in [-0.3, -0.25) is 0 Å².